The van der Waals surface area contributed by atoms with Gasteiger partial charge in [-0.25, -0.2) is 4.99 Å². The molecule has 124 valence electrons. The zero-order valence-electron chi connectivity index (χ0n) is 13.8. The predicted octanol–water partition coefficient (Wildman–Crippen LogP) is 4.84. The molecule has 3 rings (SSSR count). The van der Waals surface area contributed by atoms with E-state index in [1.54, 1.807) is 6.21 Å². The summed E-state index contributed by atoms with van der Waals surface area (Å²) in [6.07, 6.45) is 3.26. The van der Waals surface area contributed by atoms with Crippen LogP contribution < -0.4 is 0 Å². The second-order valence-corrected chi connectivity index (χ2v) is 6.11. The summed E-state index contributed by atoms with van der Waals surface area (Å²) in [5.41, 5.74) is 4.44. The molecule has 0 aliphatic rings. The minimum absolute atomic E-state index is 0.404. The van der Waals surface area contributed by atoms with Gasteiger partial charge in [-0.1, -0.05) is 54.9 Å². The van der Waals surface area contributed by atoms with Gasteiger partial charge >= 0.3 is 0 Å². The van der Waals surface area contributed by atoms with E-state index in [4.69, 9.17) is 11.6 Å². The van der Waals surface area contributed by atoms with E-state index in [0.29, 0.717) is 22.8 Å². The highest BCUT2D eigenvalue weighted by Crippen LogP contribution is 2.22. The zero-order valence-corrected chi connectivity index (χ0v) is 14.6. The van der Waals surface area contributed by atoms with Crippen molar-refractivity contribution in [2.24, 2.45) is 4.99 Å². The number of halogens is 1. The van der Waals surface area contributed by atoms with Gasteiger partial charge in [-0.05, 0) is 35.2 Å². The van der Waals surface area contributed by atoms with Crippen molar-refractivity contribution in [2.45, 2.75) is 19.8 Å². The van der Waals surface area contributed by atoms with Crippen LogP contribution in [0.3, 0.4) is 0 Å². The first-order valence-corrected chi connectivity index (χ1v) is 8.42. The van der Waals surface area contributed by atoms with Crippen LogP contribution in [0.2, 0.25) is 5.02 Å². The monoisotopic (exact) mass is 348 g/mol. The Bertz CT molecular complexity index is 950. The molecule has 4 nitrogen and oxygen atoms in total. The minimum atomic E-state index is 0.404. The molecule has 5 heteroatoms. The summed E-state index contributed by atoms with van der Waals surface area (Å²) < 4.78 is 0. The first kappa shape index (κ1) is 16.9. The molecule has 0 spiro atoms. The highest BCUT2D eigenvalue weighted by atomic mass is 35.5. The molecule has 1 heterocycles. The van der Waals surface area contributed by atoms with Gasteiger partial charge < -0.3 is 0 Å². The van der Waals surface area contributed by atoms with Crippen molar-refractivity contribution >= 4 is 23.6 Å². The fourth-order valence-corrected chi connectivity index (χ4v) is 2.80. The first-order chi connectivity index (χ1) is 12.2. The molecule has 0 amide bonds. The molecule has 0 aliphatic heterocycles. The summed E-state index contributed by atoms with van der Waals surface area (Å²) >= 11 is 6.02. The lowest BCUT2D eigenvalue weighted by Gasteiger charge is -2.00. The molecule has 1 N–H and O–H groups in total. The molecule has 0 saturated carbocycles. The van der Waals surface area contributed by atoms with Gasteiger partial charge in [0.05, 0.1) is 5.69 Å². The lowest BCUT2D eigenvalue weighted by atomic mass is 10.1. The topological polar surface area (TPSA) is 64.8 Å². The highest BCUT2D eigenvalue weighted by Gasteiger charge is 2.12. The first-order valence-electron chi connectivity index (χ1n) is 8.04. The van der Waals surface area contributed by atoms with E-state index < -0.39 is 0 Å². The van der Waals surface area contributed by atoms with Crippen LogP contribution in [0.4, 0.5) is 5.82 Å². The molecular weight excluding hydrogens is 332 g/mol. The van der Waals surface area contributed by atoms with E-state index >= 15 is 0 Å². The van der Waals surface area contributed by atoms with Gasteiger partial charge in [0.2, 0.25) is 0 Å². The standard InChI is InChI=1S/C20H17ClN4/c1-2-14-5-3-7-16(9-14)13-23-20-18(12-22)19(24-25-20)11-15-6-4-8-17(21)10-15/h3-10,13H,2,11H2,1H3,(H,24,25). The highest BCUT2D eigenvalue weighted by molar-refractivity contribution is 6.30. The Hall–Kier alpha value is -2.90. The van der Waals surface area contributed by atoms with Crippen molar-refractivity contribution in [1.29, 1.82) is 5.26 Å². The van der Waals surface area contributed by atoms with Crippen molar-refractivity contribution in [2.75, 3.05) is 0 Å². The molecule has 0 radical (unpaired) electrons. The van der Waals surface area contributed by atoms with Crippen molar-refractivity contribution < 1.29 is 0 Å². The van der Waals surface area contributed by atoms with Gasteiger partial charge in [-0.15, -0.1) is 0 Å². The molecule has 0 aliphatic carbocycles. The predicted molar refractivity (Wildman–Crippen MR) is 101 cm³/mol. The van der Waals surface area contributed by atoms with Crippen LogP contribution in [-0.2, 0) is 12.8 Å². The van der Waals surface area contributed by atoms with E-state index in [2.05, 4.69) is 40.3 Å². The number of nitrogens with zero attached hydrogens (tertiary/aromatic N) is 3. The summed E-state index contributed by atoms with van der Waals surface area (Å²) in [4.78, 5) is 4.39. The normalized spacial score (nSPS) is 10.9. The maximum atomic E-state index is 9.49. The Morgan fingerprint density at radius 3 is 2.76 bits per heavy atom. The summed E-state index contributed by atoms with van der Waals surface area (Å²) in [6.45, 7) is 2.11. The number of aryl methyl sites for hydroxylation is 1. The summed E-state index contributed by atoms with van der Waals surface area (Å²) in [5, 5.41) is 17.3. The smallest absolute Gasteiger partial charge is 0.191 e. The minimum Gasteiger partial charge on any atom is -0.279 e. The molecule has 0 fully saturated rings. The van der Waals surface area contributed by atoms with E-state index in [1.807, 2.05) is 36.4 Å². The van der Waals surface area contributed by atoms with Gasteiger partial charge in [0.25, 0.3) is 0 Å². The van der Waals surface area contributed by atoms with E-state index in [9.17, 15) is 5.26 Å². The maximum Gasteiger partial charge on any atom is 0.191 e. The zero-order chi connectivity index (χ0) is 17.6. The number of nitrogens with one attached hydrogen (secondary N) is 1. The van der Waals surface area contributed by atoms with Crippen molar-refractivity contribution in [3.63, 3.8) is 0 Å². The second kappa shape index (κ2) is 7.78. The third-order valence-electron chi connectivity index (χ3n) is 3.90. The number of nitriles is 1. The molecule has 0 bridgehead atoms. The molecule has 0 atom stereocenters. The van der Waals surface area contributed by atoms with Gasteiger partial charge in [-0.2, -0.15) is 10.4 Å². The van der Waals surface area contributed by atoms with Crippen LogP contribution in [0.15, 0.2) is 53.5 Å². The van der Waals surface area contributed by atoms with Crippen LogP contribution >= 0.6 is 11.6 Å². The van der Waals surface area contributed by atoms with Crippen LogP contribution in [-0.4, -0.2) is 16.4 Å². The SMILES string of the molecule is CCc1cccc(C=Nc2n[nH]c(Cc3cccc(Cl)c3)c2C#N)c1. The number of hydrogen-bond donors (Lipinski definition) is 1. The number of rotatable bonds is 5. The van der Waals surface area contributed by atoms with Crippen molar-refractivity contribution in [1.82, 2.24) is 10.2 Å². The number of H-pyrrole nitrogens is 1. The summed E-state index contributed by atoms with van der Waals surface area (Å²) in [7, 11) is 0. The number of hydrogen-bond acceptors (Lipinski definition) is 3. The Labute approximate surface area is 151 Å². The molecule has 25 heavy (non-hydrogen) atoms. The molecule has 0 saturated heterocycles. The Morgan fingerprint density at radius 1 is 1.20 bits per heavy atom. The summed E-state index contributed by atoms with van der Waals surface area (Å²) in [5.74, 6) is 0.404. The van der Waals surface area contributed by atoms with E-state index in [1.165, 1.54) is 5.56 Å². The summed E-state index contributed by atoms with van der Waals surface area (Å²) in [6, 6.07) is 17.9. The Morgan fingerprint density at radius 2 is 2.00 bits per heavy atom. The fourth-order valence-electron chi connectivity index (χ4n) is 2.59. The van der Waals surface area contributed by atoms with E-state index in [0.717, 1.165) is 23.2 Å². The number of benzene rings is 2. The lowest BCUT2D eigenvalue weighted by molar-refractivity contribution is 0.993. The van der Waals surface area contributed by atoms with Gasteiger partial charge in [0, 0.05) is 17.7 Å². The van der Waals surface area contributed by atoms with Gasteiger partial charge in [0.15, 0.2) is 5.82 Å². The second-order valence-electron chi connectivity index (χ2n) is 5.68. The van der Waals surface area contributed by atoms with Crippen molar-refractivity contribution in [3.05, 3.63) is 81.5 Å². The van der Waals surface area contributed by atoms with Crippen LogP contribution in [0.25, 0.3) is 0 Å². The van der Waals surface area contributed by atoms with Crippen LogP contribution in [0, 0.1) is 11.3 Å². The lowest BCUT2D eigenvalue weighted by Crippen LogP contribution is -1.91. The van der Waals surface area contributed by atoms with E-state index in [-0.39, 0.29) is 0 Å². The Balaban J connectivity index is 1.84. The molecule has 2 aromatic carbocycles. The Kier molecular flexibility index (Phi) is 5.27. The average molecular weight is 349 g/mol. The van der Waals surface area contributed by atoms with Crippen LogP contribution in [0.5, 0.6) is 0 Å². The van der Waals surface area contributed by atoms with Gasteiger partial charge in [-0.3, -0.25) is 5.10 Å². The van der Waals surface area contributed by atoms with Crippen LogP contribution in [0.1, 0.15) is 34.9 Å². The maximum absolute atomic E-state index is 9.49. The molecular formula is C20H17ClN4. The fraction of sp³-hybridized carbons (Fsp3) is 0.150. The van der Waals surface area contributed by atoms with Crippen molar-refractivity contribution in [3.8, 4) is 6.07 Å². The average Bonchev–Trinajstić information content (AvgIpc) is 3.01. The quantitative estimate of drug-likeness (QED) is 0.670. The number of aliphatic imine (C=N–C) groups is 1. The largest absolute Gasteiger partial charge is 0.279 e. The van der Waals surface area contributed by atoms with Gasteiger partial charge in [0.1, 0.15) is 11.6 Å². The molecule has 0 unspecified atom stereocenters. The molecule has 1 aromatic heterocycles. The third-order valence-corrected chi connectivity index (χ3v) is 4.13. The number of aromatic amines is 1. The molecule has 3 aromatic rings. The number of aromatic nitrogens is 2. The third kappa shape index (κ3) is 4.14.